The zero-order chi connectivity index (χ0) is 16.1. The third-order valence-electron chi connectivity index (χ3n) is 2.74. The molecule has 0 unspecified atom stereocenters. The lowest BCUT2D eigenvalue weighted by Gasteiger charge is -2.02. The molecule has 22 heavy (non-hydrogen) atoms. The molecule has 0 N–H and O–H groups in total. The molecule has 7 heteroatoms. The number of carbonyl (C=O) groups is 2. The van der Waals surface area contributed by atoms with Crippen molar-refractivity contribution in [2.75, 3.05) is 6.61 Å². The fourth-order valence-electron chi connectivity index (χ4n) is 1.98. The van der Waals surface area contributed by atoms with Crippen molar-refractivity contribution in [1.82, 2.24) is 0 Å². The Morgan fingerprint density at radius 1 is 1.41 bits per heavy atom. The van der Waals surface area contributed by atoms with Crippen molar-refractivity contribution in [1.29, 1.82) is 5.26 Å². The number of benzene rings is 1. The lowest BCUT2D eigenvalue weighted by molar-refractivity contribution is -0.131. The van der Waals surface area contributed by atoms with Gasteiger partial charge >= 0.3 is 11.9 Å². The highest BCUT2D eigenvalue weighted by Crippen LogP contribution is 2.32. The predicted molar refractivity (Wildman–Crippen MR) is 80.4 cm³/mol. The van der Waals surface area contributed by atoms with Gasteiger partial charge in [-0.05, 0) is 30.8 Å². The maximum absolute atomic E-state index is 12.1. The second kappa shape index (κ2) is 7.00. The average Bonchev–Trinajstić information content (AvgIpc) is 2.82. The number of nitriles is 1. The number of thioether (sulfide) groups is 1. The van der Waals surface area contributed by atoms with Gasteiger partial charge in [0, 0.05) is 18.4 Å². The summed E-state index contributed by atoms with van der Waals surface area (Å²) >= 11 is 0.960. The van der Waals surface area contributed by atoms with Gasteiger partial charge in [-0.3, -0.25) is 4.79 Å². The molecule has 1 heterocycles. The minimum absolute atomic E-state index is 0.224. The fraction of sp³-hybridized carbons (Fsp3) is 0.267. The molecule has 0 spiro atoms. The Morgan fingerprint density at radius 2 is 2.18 bits per heavy atom. The Kier molecular flexibility index (Phi) is 5.07. The van der Waals surface area contributed by atoms with Crippen molar-refractivity contribution in [2.24, 2.45) is 0 Å². The maximum atomic E-state index is 12.1. The van der Waals surface area contributed by atoms with Crippen LogP contribution in [0.15, 0.2) is 22.6 Å². The molecule has 0 bridgehead atoms. The SMILES string of the molecule is CCOC(=O)c1c(CSC#N)oc2cc(OC(C)=O)ccc12. The number of rotatable bonds is 5. The molecule has 6 nitrogen and oxygen atoms in total. The zero-order valence-electron chi connectivity index (χ0n) is 12.0. The normalized spacial score (nSPS) is 10.2. The molecule has 0 aliphatic rings. The van der Waals surface area contributed by atoms with Crippen LogP contribution in [0, 0.1) is 10.7 Å². The number of ether oxygens (including phenoxy) is 2. The van der Waals surface area contributed by atoms with E-state index in [4.69, 9.17) is 19.2 Å². The molecule has 0 saturated carbocycles. The van der Waals surface area contributed by atoms with Gasteiger partial charge in [0.1, 0.15) is 28.1 Å². The number of thiocyanates is 1. The molecule has 114 valence electrons. The van der Waals surface area contributed by atoms with E-state index < -0.39 is 11.9 Å². The van der Waals surface area contributed by atoms with Gasteiger partial charge in [0.2, 0.25) is 0 Å². The van der Waals surface area contributed by atoms with E-state index in [1.807, 2.05) is 5.40 Å². The van der Waals surface area contributed by atoms with Crippen LogP contribution in [-0.4, -0.2) is 18.5 Å². The third kappa shape index (κ3) is 3.40. The van der Waals surface area contributed by atoms with Crippen LogP contribution < -0.4 is 4.74 Å². The Labute approximate surface area is 131 Å². The molecule has 1 aromatic heterocycles. The fourth-order valence-corrected chi connectivity index (χ4v) is 2.38. The summed E-state index contributed by atoms with van der Waals surface area (Å²) < 4.78 is 15.6. The first-order chi connectivity index (χ1) is 10.6. The van der Waals surface area contributed by atoms with Crippen molar-refractivity contribution in [3.63, 3.8) is 0 Å². The molecular formula is C15H13NO5S. The Morgan fingerprint density at radius 3 is 2.82 bits per heavy atom. The predicted octanol–water partition coefficient (Wildman–Crippen LogP) is 3.25. The number of furan rings is 1. The van der Waals surface area contributed by atoms with Crippen molar-refractivity contribution < 1.29 is 23.5 Å². The summed E-state index contributed by atoms with van der Waals surface area (Å²) in [6.45, 7) is 3.25. The number of carbonyl (C=O) groups excluding carboxylic acids is 2. The van der Waals surface area contributed by atoms with Crippen LogP contribution in [0.25, 0.3) is 11.0 Å². The van der Waals surface area contributed by atoms with E-state index in [-0.39, 0.29) is 12.4 Å². The smallest absolute Gasteiger partial charge is 0.342 e. The van der Waals surface area contributed by atoms with E-state index in [1.165, 1.54) is 13.0 Å². The molecule has 0 atom stereocenters. The van der Waals surface area contributed by atoms with Crippen molar-refractivity contribution in [3.05, 3.63) is 29.5 Å². The summed E-state index contributed by atoms with van der Waals surface area (Å²) in [7, 11) is 0. The third-order valence-corrected chi connectivity index (χ3v) is 3.28. The van der Waals surface area contributed by atoms with Gasteiger partial charge in [0.25, 0.3) is 0 Å². The molecule has 2 aromatic rings. The topological polar surface area (TPSA) is 89.5 Å². The molecule has 0 aliphatic heterocycles. The number of nitrogens with zero attached hydrogens (tertiary/aromatic N) is 1. The van der Waals surface area contributed by atoms with Crippen LogP contribution in [-0.2, 0) is 15.3 Å². The molecule has 0 saturated heterocycles. The van der Waals surface area contributed by atoms with Crippen molar-refractivity contribution in [2.45, 2.75) is 19.6 Å². The van der Waals surface area contributed by atoms with Crippen LogP contribution in [0.1, 0.15) is 30.0 Å². The Balaban J connectivity index is 2.50. The first-order valence-electron chi connectivity index (χ1n) is 6.48. The molecule has 1 aromatic carbocycles. The second-order valence-electron chi connectivity index (χ2n) is 4.25. The Hall–Kier alpha value is -2.46. The molecule has 0 fully saturated rings. The summed E-state index contributed by atoms with van der Waals surface area (Å²) in [5.41, 5.74) is 0.698. The van der Waals surface area contributed by atoms with E-state index >= 15 is 0 Å². The number of esters is 2. The van der Waals surface area contributed by atoms with E-state index in [1.54, 1.807) is 19.1 Å². The highest BCUT2D eigenvalue weighted by atomic mass is 32.2. The van der Waals surface area contributed by atoms with Gasteiger partial charge in [-0.2, -0.15) is 5.26 Å². The monoisotopic (exact) mass is 319 g/mol. The summed E-state index contributed by atoms with van der Waals surface area (Å²) in [5, 5.41) is 11.2. The minimum atomic E-state index is -0.505. The lowest BCUT2D eigenvalue weighted by atomic mass is 10.1. The van der Waals surface area contributed by atoms with E-state index in [0.717, 1.165) is 11.8 Å². The van der Waals surface area contributed by atoms with Crippen molar-refractivity contribution >= 4 is 34.7 Å². The quantitative estimate of drug-likeness (QED) is 0.474. The minimum Gasteiger partial charge on any atom is -0.462 e. The maximum Gasteiger partial charge on any atom is 0.342 e. The lowest BCUT2D eigenvalue weighted by Crippen LogP contribution is -2.06. The standard InChI is InChI=1S/C15H13NO5S/c1-3-19-15(18)14-11-5-4-10(20-9(2)17)6-12(11)21-13(14)7-22-8-16/h4-6H,3,7H2,1-2H3. The molecule has 0 amide bonds. The van der Waals surface area contributed by atoms with E-state index in [9.17, 15) is 9.59 Å². The largest absolute Gasteiger partial charge is 0.462 e. The summed E-state index contributed by atoms with van der Waals surface area (Å²) in [6.07, 6.45) is 0. The van der Waals surface area contributed by atoms with Crippen LogP contribution in [0.5, 0.6) is 5.75 Å². The van der Waals surface area contributed by atoms with Crippen LogP contribution in [0.4, 0.5) is 0 Å². The highest BCUT2D eigenvalue weighted by Gasteiger charge is 2.22. The van der Waals surface area contributed by atoms with Crippen LogP contribution in [0.2, 0.25) is 0 Å². The first kappa shape index (κ1) is 15.9. The number of fused-ring (bicyclic) bond motifs is 1. The molecular weight excluding hydrogens is 306 g/mol. The zero-order valence-corrected chi connectivity index (χ0v) is 12.9. The Bertz CT molecular complexity index is 759. The van der Waals surface area contributed by atoms with Gasteiger partial charge in [0.05, 0.1) is 12.4 Å². The summed E-state index contributed by atoms with van der Waals surface area (Å²) in [6, 6.07) is 4.73. The molecule has 0 aliphatic carbocycles. The van der Waals surface area contributed by atoms with Crippen molar-refractivity contribution in [3.8, 4) is 11.2 Å². The average molecular weight is 319 g/mol. The summed E-state index contributed by atoms with van der Waals surface area (Å²) in [4.78, 5) is 23.1. The van der Waals surface area contributed by atoms with Crippen LogP contribution >= 0.6 is 11.8 Å². The van der Waals surface area contributed by atoms with Gasteiger partial charge in [-0.15, -0.1) is 0 Å². The van der Waals surface area contributed by atoms with Gasteiger partial charge in [-0.25, -0.2) is 4.79 Å². The van der Waals surface area contributed by atoms with E-state index in [2.05, 4.69) is 0 Å². The highest BCUT2D eigenvalue weighted by molar-refractivity contribution is 8.02. The van der Waals surface area contributed by atoms with Crippen LogP contribution in [0.3, 0.4) is 0 Å². The second-order valence-corrected chi connectivity index (χ2v) is 5.01. The summed E-state index contributed by atoms with van der Waals surface area (Å²) in [5.74, 6) is -0.0437. The molecule has 2 rings (SSSR count). The number of hydrogen-bond donors (Lipinski definition) is 0. The van der Waals surface area contributed by atoms with Gasteiger partial charge < -0.3 is 13.9 Å². The first-order valence-corrected chi connectivity index (χ1v) is 7.47. The van der Waals surface area contributed by atoms with E-state index in [0.29, 0.717) is 28.0 Å². The molecule has 0 radical (unpaired) electrons. The van der Waals surface area contributed by atoms with Gasteiger partial charge in [-0.1, -0.05) is 0 Å². The number of hydrogen-bond acceptors (Lipinski definition) is 7. The van der Waals surface area contributed by atoms with Gasteiger partial charge in [0.15, 0.2) is 0 Å².